The van der Waals surface area contributed by atoms with Gasteiger partial charge >= 0.3 is 5.97 Å². The summed E-state index contributed by atoms with van der Waals surface area (Å²) in [5, 5.41) is 0. The Morgan fingerprint density at radius 2 is 2.11 bits per heavy atom. The third-order valence-electron chi connectivity index (χ3n) is 2.53. The molecule has 1 aliphatic carbocycles. The number of halogens is 1. The molecule has 1 saturated carbocycles. The number of methoxy groups -OCH3 is 1. The smallest absolute Gasteiger partial charge is 0.340 e. The standard InChI is InChI=1S/C11H13FN2O4S/c1-18-11(15)9-6-7(12)2-5-10(9)14-19(16,17)13-8-3-4-8/h2,5-6,8,13-14H,3-4H2,1H3. The Hall–Kier alpha value is -1.67. The van der Waals surface area contributed by atoms with E-state index >= 15 is 0 Å². The molecule has 2 N–H and O–H groups in total. The van der Waals surface area contributed by atoms with Crippen molar-refractivity contribution in [2.75, 3.05) is 11.8 Å². The Morgan fingerprint density at radius 3 is 2.68 bits per heavy atom. The Kier molecular flexibility index (Phi) is 3.72. The Bertz CT molecular complexity index is 599. The molecule has 104 valence electrons. The van der Waals surface area contributed by atoms with Gasteiger partial charge in [-0.05, 0) is 31.0 Å². The van der Waals surface area contributed by atoms with E-state index in [9.17, 15) is 17.6 Å². The number of rotatable bonds is 5. The molecule has 6 nitrogen and oxygen atoms in total. The fourth-order valence-electron chi connectivity index (χ4n) is 1.48. The fraction of sp³-hybridized carbons (Fsp3) is 0.364. The molecule has 0 spiro atoms. The zero-order chi connectivity index (χ0) is 14.0. The SMILES string of the molecule is COC(=O)c1cc(F)ccc1NS(=O)(=O)NC1CC1. The minimum atomic E-state index is -3.78. The molecular formula is C11H13FN2O4S. The van der Waals surface area contributed by atoms with Crippen molar-refractivity contribution in [3.63, 3.8) is 0 Å². The molecule has 2 rings (SSSR count). The van der Waals surface area contributed by atoms with Gasteiger partial charge < -0.3 is 4.74 Å². The van der Waals surface area contributed by atoms with Gasteiger partial charge in [0.05, 0.1) is 18.4 Å². The van der Waals surface area contributed by atoms with E-state index in [1.165, 1.54) is 6.07 Å². The normalized spacial score (nSPS) is 15.1. The van der Waals surface area contributed by atoms with E-state index in [0.29, 0.717) is 0 Å². The molecule has 0 bridgehead atoms. The monoisotopic (exact) mass is 288 g/mol. The van der Waals surface area contributed by atoms with Crippen LogP contribution < -0.4 is 9.44 Å². The van der Waals surface area contributed by atoms with Crippen LogP contribution in [0.4, 0.5) is 10.1 Å². The molecule has 1 aromatic rings. The Morgan fingerprint density at radius 1 is 1.42 bits per heavy atom. The Labute approximate surface area is 110 Å². The van der Waals surface area contributed by atoms with Crippen LogP contribution in [0, 0.1) is 5.82 Å². The first-order chi connectivity index (χ1) is 8.91. The number of benzene rings is 1. The number of nitrogens with one attached hydrogen (secondary N) is 2. The lowest BCUT2D eigenvalue weighted by Gasteiger charge is -2.11. The second-order valence-electron chi connectivity index (χ2n) is 4.18. The van der Waals surface area contributed by atoms with E-state index in [2.05, 4.69) is 14.2 Å². The minimum Gasteiger partial charge on any atom is -0.465 e. The maximum absolute atomic E-state index is 13.1. The highest BCUT2D eigenvalue weighted by molar-refractivity contribution is 7.90. The molecule has 0 heterocycles. The van der Waals surface area contributed by atoms with Crippen LogP contribution in [0.3, 0.4) is 0 Å². The van der Waals surface area contributed by atoms with Gasteiger partial charge in [0.2, 0.25) is 0 Å². The van der Waals surface area contributed by atoms with Crippen LogP contribution in [0.1, 0.15) is 23.2 Å². The summed E-state index contributed by atoms with van der Waals surface area (Å²) in [5.41, 5.74) is -0.204. The zero-order valence-electron chi connectivity index (χ0n) is 10.1. The molecule has 0 amide bonds. The van der Waals surface area contributed by atoms with Crippen molar-refractivity contribution in [3.05, 3.63) is 29.6 Å². The summed E-state index contributed by atoms with van der Waals surface area (Å²) in [4.78, 5) is 11.5. The number of hydrogen-bond donors (Lipinski definition) is 2. The van der Waals surface area contributed by atoms with Gasteiger partial charge in [0, 0.05) is 6.04 Å². The second kappa shape index (κ2) is 5.14. The summed E-state index contributed by atoms with van der Waals surface area (Å²) in [6.45, 7) is 0. The molecule has 1 aliphatic rings. The zero-order valence-corrected chi connectivity index (χ0v) is 11.0. The maximum atomic E-state index is 13.1. The first kappa shape index (κ1) is 13.8. The van der Waals surface area contributed by atoms with Crippen molar-refractivity contribution < 1.29 is 22.3 Å². The van der Waals surface area contributed by atoms with Gasteiger partial charge in [-0.2, -0.15) is 13.1 Å². The van der Waals surface area contributed by atoms with Crippen molar-refractivity contribution in [1.82, 2.24) is 4.72 Å². The van der Waals surface area contributed by atoms with Crippen LogP contribution in [-0.2, 0) is 14.9 Å². The van der Waals surface area contributed by atoms with E-state index in [-0.39, 0.29) is 17.3 Å². The lowest BCUT2D eigenvalue weighted by molar-refractivity contribution is 0.0601. The third kappa shape index (κ3) is 3.65. The van der Waals surface area contributed by atoms with Crippen LogP contribution in [0.2, 0.25) is 0 Å². The van der Waals surface area contributed by atoms with Crippen LogP contribution in [0.5, 0.6) is 0 Å². The summed E-state index contributed by atoms with van der Waals surface area (Å²) in [5.74, 6) is -1.47. The van der Waals surface area contributed by atoms with Crippen molar-refractivity contribution >= 4 is 21.9 Å². The minimum absolute atomic E-state index is 0.0265. The van der Waals surface area contributed by atoms with Crippen LogP contribution in [0.15, 0.2) is 18.2 Å². The summed E-state index contributed by atoms with van der Waals surface area (Å²) >= 11 is 0. The first-order valence-corrected chi connectivity index (χ1v) is 7.07. The topological polar surface area (TPSA) is 84.5 Å². The molecule has 1 fully saturated rings. The highest BCUT2D eigenvalue weighted by atomic mass is 32.2. The van der Waals surface area contributed by atoms with Gasteiger partial charge in [0.1, 0.15) is 5.82 Å². The van der Waals surface area contributed by atoms with Gasteiger partial charge in [-0.15, -0.1) is 0 Å². The summed E-state index contributed by atoms with van der Waals surface area (Å²) < 4.78 is 45.6. The molecule has 0 unspecified atom stereocenters. The van der Waals surface area contributed by atoms with Crippen LogP contribution >= 0.6 is 0 Å². The van der Waals surface area contributed by atoms with Crippen LogP contribution in [-0.4, -0.2) is 27.5 Å². The number of carbonyl (C=O) groups excluding carboxylic acids is 1. The quantitative estimate of drug-likeness (QED) is 0.792. The van der Waals surface area contributed by atoms with E-state index in [1.807, 2.05) is 0 Å². The van der Waals surface area contributed by atoms with Gasteiger partial charge in [0.15, 0.2) is 0 Å². The summed E-state index contributed by atoms with van der Waals surface area (Å²) in [7, 11) is -2.65. The average molecular weight is 288 g/mol. The molecule has 1 aromatic carbocycles. The van der Waals surface area contributed by atoms with Gasteiger partial charge in [0.25, 0.3) is 10.2 Å². The molecule has 19 heavy (non-hydrogen) atoms. The lowest BCUT2D eigenvalue weighted by atomic mass is 10.2. The van der Waals surface area contributed by atoms with Crippen molar-refractivity contribution in [2.45, 2.75) is 18.9 Å². The molecule has 0 radical (unpaired) electrons. The number of ether oxygens (including phenoxy) is 1. The molecule has 8 heteroatoms. The molecule has 0 saturated heterocycles. The van der Waals surface area contributed by atoms with Crippen molar-refractivity contribution in [1.29, 1.82) is 0 Å². The fourth-order valence-corrected chi connectivity index (χ4v) is 2.68. The maximum Gasteiger partial charge on any atom is 0.340 e. The highest BCUT2D eigenvalue weighted by Gasteiger charge is 2.27. The predicted octanol–water partition coefficient (Wildman–Crippen LogP) is 1.02. The predicted molar refractivity (Wildman–Crippen MR) is 66.4 cm³/mol. The van der Waals surface area contributed by atoms with E-state index < -0.39 is 22.0 Å². The van der Waals surface area contributed by atoms with Gasteiger partial charge in [-0.25, -0.2) is 9.18 Å². The molecular weight excluding hydrogens is 275 g/mol. The molecule has 0 atom stereocenters. The van der Waals surface area contributed by atoms with Crippen LogP contribution in [0.25, 0.3) is 0 Å². The lowest BCUT2D eigenvalue weighted by Crippen LogP contribution is -2.32. The van der Waals surface area contributed by atoms with Gasteiger partial charge in [-0.3, -0.25) is 4.72 Å². The number of carbonyl (C=O) groups is 1. The van der Waals surface area contributed by atoms with E-state index in [4.69, 9.17) is 0 Å². The first-order valence-electron chi connectivity index (χ1n) is 5.59. The van der Waals surface area contributed by atoms with Crippen molar-refractivity contribution in [3.8, 4) is 0 Å². The Balaban J connectivity index is 2.25. The second-order valence-corrected chi connectivity index (χ2v) is 5.63. The molecule has 0 aromatic heterocycles. The summed E-state index contributed by atoms with van der Waals surface area (Å²) in [6.07, 6.45) is 1.57. The summed E-state index contributed by atoms with van der Waals surface area (Å²) in [6, 6.07) is 3.08. The number of anilines is 1. The van der Waals surface area contributed by atoms with Crippen molar-refractivity contribution in [2.24, 2.45) is 0 Å². The van der Waals surface area contributed by atoms with E-state index in [0.717, 1.165) is 32.1 Å². The highest BCUT2D eigenvalue weighted by Crippen LogP contribution is 2.22. The van der Waals surface area contributed by atoms with E-state index in [1.54, 1.807) is 0 Å². The van der Waals surface area contributed by atoms with Gasteiger partial charge in [-0.1, -0.05) is 0 Å². The largest absolute Gasteiger partial charge is 0.465 e. The number of esters is 1. The third-order valence-corrected chi connectivity index (χ3v) is 3.66. The average Bonchev–Trinajstić information content (AvgIpc) is 3.13. The number of hydrogen-bond acceptors (Lipinski definition) is 4. The molecule has 0 aliphatic heterocycles.